The third-order valence-corrected chi connectivity index (χ3v) is 8.53. The van der Waals surface area contributed by atoms with E-state index in [-0.39, 0.29) is 23.7 Å². The van der Waals surface area contributed by atoms with E-state index in [1.54, 1.807) is 10.8 Å². The van der Waals surface area contributed by atoms with Gasteiger partial charge in [0.1, 0.15) is 0 Å². The largest absolute Gasteiger partial charge is 0.450 e. The third kappa shape index (κ3) is 5.72. The molecule has 10 heteroatoms. The second-order valence-electron chi connectivity index (χ2n) is 11.1. The minimum absolute atomic E-state index is 0.0570. The molecule has 1 aliphatic carbocycles. The summed E-state index contributed by atoms with van der Waals surface area (Å²) in [6, 6.07) is 6.54. The molecule has 4 aliphatic rings. The number of nitrogens with zero attached hydrogens (tertiary/aromatic N) is 3. The van der Waals surface area contributed by atoms with E-state index >= 15 is 0 Å². The van der Waals surface area contributed by atoms with Crippen molar-refractivity contribution in [2.45, 2.75) is 62.9 Å². The number of piperazine rings is 1. The van der Waals surface area contributed by atoms with Crippen molar-refractivity contribution in [2.75, 3.05) is 51.1 Å². The Bertz CT molecular complexity index is 1200. The summed E-state index contributed by atoms with van der Waals surface area (Å²) in [5.74, 6) is 2.48. The van der Waals surface area contributed by atoms with Crippen molar-refractivity contribution in [3.63, 3.8) is 0 Å². The van der Waals surface area contributed by atoms with E-state index in [0.29, 0.717) is 23.9 Å². The van der Waals surface area contributed by atoms with Crippen LogP contribution in [0.25, 0.3) is 0 Å². The molecular weight excluding hydrogens is 482 g/mol. The molecule has 1 amide bonds. The number of piperidine rings is 1. The minimum atomic E-state index is -0.263. The Labute approximate surface area is 223 Å². The molecule has 1 saturated carbocycles. The summed E-state index contributed by atoms with van der Waals surface area (Å²) < 4.78 is 7.91. The van der Waals surface area contributed by atoms with Crippen molar-refractivity contribution in [2.24, 2.45) is 0 Å². The van der Waals surface area contributed by atoms with E-state index in [1.807, 2.05) is 6.07 Å². The maximum atomic E-state index is 13.0. The topological polar surface area (TPSA) is 113 Å². The van der Waals surface area contributed by atoms with E-state index < -0.39 is 0 Å². The van der Waals surface area contributed by atoms with Gasteiger partial charge in [0.15, 0.2) is 17.3 Å². The maximum Gasteiger partial charge on any atom is 0.350 e. The van der Waals surface area contributed by atoms with Gasteiger partial charge in [0.25, 0.3) is 0 Å². The number of rotatable bonds is 6. The summed E-state index contributed by atoms with van der Waals surface area (Å²) in [6.07, 6.45) is 7.96. The number of benzene rings is 1. The predicted octanol–water partition coefficient (Wildman–Crippen LogP) is 2.45. The summed E-state index contributed by atoms with van der Waals surface area (Å²) in [6.45, 7) is 6.90. The quantitative estimate of drug-likeness (QED) is 0.391. The van der Waals surface area contributed by atoms with Gasteiger partial charge in [-0.1, -0.05) is 6.07 Å². The highest BCUT2D eigenvalue weighted by Gasteiger charge is 2.27. The van der Waals surface area contributed by atoms with Gasteiger partial charge >= 0.3 is 5.69 Å². The first kappa shape index (κ1) is 25.3. The zero-order valence-electron chi connectivity index (χ0n) is 22.0. The Morgan fingerprint density at radius 3 is 2.55 bits per heavy atom. The van der Waals surface area contributed by atoms with Gasteiger partial charge in [-0.25, -0.2) is 4.79 Å². The molecule has 1 aromatic heterocycles. The predicted molar refractivity (Wildman–Crippen MR) is 147 cm³/mol. The lowest BCUT2D eigenvalue weighted by Gasteiger charge is -2.31. The van der Waals surface area contributed by atoms with E-state index in [0.717, 1.165) is 95.8 Å². The molecule has 3 aliphatic heterocycles. The molecule has 0 unspecified atom stereocenters. The summed E-state index contributed by atoms with van der Waals surface area (Å²) in [5, 5.41) is 13.3. The molecule has 0 spiro atoms. The lowest BCUT2D eigenvalue weighted by Crippen LogP contribution is -2.45. The highest BCUT2D eigenvalue weighted by molar-refractivity contribution is 5.76. The third-order valence-electron chi connectivity index (χ3n) is 8.53. The SMILES string of the molecule is O=C(CCN1CCNCC1)NC1CCC(n2cc3c(nc2=O)Nc2cc(C4CCNCC4)ccc2O3)CC1. The first-order valence-electron chi connectivity index (χ1n) is 14.3. The first-order chi connectivity index (χ1) is 18.6. The number of amides is 1. The van der Waals surface area contributed by atoms with Gasteiger partial charge in [-0.3, -0.25) is 9.36 Å². The number of hydrogen-bond acceptors (Lipinski definition) is 8. The summed E-state index contributed by atoms with van der Waals surface area (Å²) in [5.41, 5.74) is 1.90. The van der Waals surface area contributed by atoms with E-state index in [1.165, 1.54) is 5.56 Å². The van der Waals surface area contributed by atoms with Crippen molar-refractivity contribution in [1.82, 2.24) is 30.4 Å². The molecule has 38 heavy (non-hydrogen) atoms. The number of anilines is 2. The van der Waals surface area contributed by atoms with Gasteiger partial charge < -0.3 is 30.9 Å². The molecule has 1 aromatic carbocycles. The highest BCUT2D eigenvalue weighted by Crippen LogP contribution is 2.42. The Kier molecular flexibility index (Phi) is 7.62. The summed E-state index contributed by atoms with van der Waals surface area (Å²) >= 11 is 0. The number of hydrogen-bond donors (Lipinski definition) is 4. The smallest absolute Gasteiger partial charge is 0.350 e. The molecule has 0 bridgehead atoms. The normalized spacial score (nSPS) is 24.0. The van der Waals surface area contributed by atoms with Crippen LogP contribution in [0.4, 0.5) is 11.5 Å². The lowest BCUT2D eigenvalue weighted by atomic mass is 9.90. The van der Waals surface area contributed by atoms with Crippen molar-refractivity contribution in [3.05, 3.63) is 40.4 Å². The Hall–Kier alpha value is -2.95. The van der Waals surface area contributed by atoms with Crippen LogP contribution in [-0.4, -0.2) is 72.2 Å². The fourth-order valence-electron chi connectivity index (χ4n) is 6.26. The number of aromatic nitrogens is 2. The second kappa shape index (κ2) is 11.4. The molecule has 2 aromatic rings. The zero-order chi connectivity index (χ0) is 25.9. The van der Waals surface area contributed by atoms with Crippen LogP contribution >= 0.6 is 0 Å². The number of nitrogens with one attached hydrogen (secondary N) is 4. The fourth-order valence-corrected chi connectivity index (χ4v) is 6.26. The van der Waals surface area contributed by atoms with E-state index in [2.05, 4.69) is 43.3 Å². The van der Waals surface area contributed by atoms with Crippen LogP contribution in [0.5, 0.6) is 11.5 Å². The van der Waals surface area contributed by atoms with Crippen LogP contribution < -0.4 is 31.7 Å². The maximum absolute atomic E-state index is 13.0. The van der Waals surface area contributed by atoms with Gasteiger partial charge in [-0.05, 0) is 75.2 Å². The molecule has 0 radical (unpaired) electrons. The van der Waals surface area contributed by atoms with Crippen LogP contribution in [0.3, 0.4) is 0 Å². The number of ether oxygens (including phenoxy) is 1. The van der Waals surface area contributed by atoms with Gasteiger partial charge in [-0.15, -0.1) is 0 Å². The standard InChI is InChI=1S/C28H39N7O3/c36-26(9-14-34-15-12-30-13-16-34)31-21-2-4-22(5-3-21)35-18-25-27(33-28(35)37)32-23-17-20(1-6-24(23)38-25)19-7-10-29-11-8-19/h1,6,17-19,21-22,29-30H,2-5,7-16H2,(H,31,36)(H,32,33,37). The zero-order valence-corrected chi connectivity index (χ0v) is 22.0. The molecule has 4 N–H and O–H groups in total. The van der Waals surface area contributed by atoms with Crippen LogP contribution in [0.1, 0.15) is 62.5 Å². The van der Waals surface area contributed by atoms with Gasteiger partial charge in [-0.2, -0.15) is 4.98 Å². The van der Waals surface area contributed by atoms with Crippen LogP contribution in [0.2, 0.25) is 0 Å². The number of carbonyl (C=O) groups is 1. The Morgan fingerprint density at radius 1 is 1.00 bits per heavy atom. The van der Waals surface area contributed by atoms with Crippen LogP contribution in [0, 0.1) is 0 Å². The molecule has 6 rings (SSSR count). The second-order valence-corrected chi connectivity index (χ2v) is 11.1. The summed E-state index contributed by atoms with van der Waals surface area (Å²) in [7, 11) is 0. The van der Waals surface area contributed by atoms with Gasteiger partial charge in [0.05, 0.1) is 11.9 Å². The van der Waals surface area contributed by atoms with Crippen molar-refractivity contribution < 1.29 is 9.53 Å². The fraction of sp³-hybridized carbons (Fsp3) is 0.607. The van der Waals surface area contributed by atoms with Crippen LogP contribution in [-0.2, 0) is 4.79 Å². The molecule has 204 valence electrons. The molecular formula is C28H39N7O3. The molecule has 4 heterocycles. The Balaban J connectivity index is 1.05. The molecule has 2 saturated heterocycles. The number of fused-ring (bicyclic) bond motifs is 2. The molecule has 0 atom stereocenters. The average Bonchev–Trinajstić information content (AvgIpc) is 2.96. The van der Waals surface area contributed by atoms with Gasteiger partial charge in [0.2, 0.25) is 5.91 Å². The van der Waals surface area contributed by atoms with Crippen molar-refractivity contribution in [3.8, 4) is 11.5 Å². The van der Waals surface area contributed by atoms with Gasteiger partial charge in [0, 0.05) is 51.2 Å². The monoisotopic (exact) mass is 521 g/mol. The molecule has 3 fully saturated rings. The van der Waals surface area contributed by atoms with Crippen LogP contribution in [0.15, 0.2) is 29.2 Å². The van der Waals surface area contributed by atoms with E-state index in [9.17, 15) is 9.59 Å². The summed E-state index contributed by atoms with van der Waals surface area (Å²) in [4.78, 5) is 32.2. The number of carbonyl (C=O) groups excluding carboxylic acids is 1. The van der Waals surface area contributed by atoms with Crippen molar-refractivity contribution in [1.29, 1.82) is 0 Å². The minimum Gasteiger partial charge on any atom is -0.450 e. The Morgan fingerprint density at radius 2 is 1.76 bits per heavy atom. The van der Waals surface area contributed by atoms with Crippen molar-refractivity contribution >= 4 is 17.4 Å². The highest BCUT2D eigenvalue weighted by atomic mass is 16.5. The lowest BCUT2D eigenvalue weighted by molar-refractivity contribution is -0.122. The van der Waals surface area contributed by atoms with E-state index in [4.69, 9.17) is 4.74 Å². The molecule has 10 nitrogen and oxygen atoms in total. The first-order valence-corrected chi connectivity index (χ1v) is 14.3. The average molecular weight is 522 g/mol.